The standard InChI is InChI=1S/C12H15N3/c1-8-9-6-4-5-7-10(9)11(15-14-8)12(2,3)13/h4-7H,13H2,1-3H3. The molecule has 3 heteroatoms. The van der Waals surface area contributed by atoms with Gasteiger partial charge in [-0.05, 0) is 20.8 Å². The molecule has 0 saturated heterocycles. The Morgan fingerprint density at radius 3 is 2.27 bits per heavy atom. The van der Waals surface area contributed by atoms with Crippen LogP contribution < -0.4 is 5.73 Å². The van der Waals surface area contributed by atoms with Gasteiger partial charge in [-0.2, -0.15) is 10.2 Å². The van der Waals surface area contributed by atoms with E-state index in [1.54, 1.807) is 0 Å². The molecule has 1 aromatic heterocycles. The van der Waals surface area contributed by atoms with E-state index < -0.39 is 5.54 Å². The van der Waals surface area contributed by atoms with E-state index in [2.05, 4.69) is 16.3 Å². The van der Waals surface area contributed by atoms with Crippen molar-refractivity contribution in [3.05, 3.63) is 35.7 Å². The van der Waals surface area contributed by atoms with Gasteiger partial charge in [0.15, 0.2) is 0 Å². The topological polar surface area (TPSA) is 51.8 Å². The van der Waals surface area contributed by atoms with E-state index in [-0.39, 0.29) is 0 Å². The molecule has 0 aliphatic carbocycles. The summed E-state index contributed by atoms with van der Waals surface area (Å²) in [5, 5.41) is 10.6. The van der Waals surface area contributed by atoms with Gasteiger partial charge in [-0.15, -0.1) is 0 Å². The molecule has 1 aromatic carbocycles. The van der Waals surface area contributed by atoms with Crippen molar-refractivity contribution in [1.82, 2.24) is 10.2 Å². The maximum Gasteiger partial charge on any atom is 0.0902 e. The monoisotopic (exact) mass is 201 g/mol. The van der Waals surface area contributed by atoms with Gasteiger partial charge >= 0.3 is 0 Å². The smallest absolute Gasteiger partial charge is 0.0902 e. The first kappa shape index (κ1) is 10.1. The summed E-state index contributed by atoms with van der Waals surface area (Å²) in [6.07, 6.45) is 0. The van der Waals surface area contributed by atoms with E-state index in [1.807, 2.05) is 39.0 Å². The summed E-state index contributed by atoms with van der Waals surface area (Å²) in [6.45, 7) is 5.85. The van der Waals surface area contributed by atoms with E-state index in [0.29, 0.717) is 0 Å². The molecular formula is C12H15N3. The highest BCUT2D eigenvalue weighted by Gasteiger charge is 2.20. The quantitative estimate of drug-likeness (QED) is 0.769. The molecule has 0 bridgehead atoms. The van der Waals surface area contributed by atoms with Crippen LogP contribution in [0.1, 0.15) is 25.2 Å². The molecule has 2 N–H and O–H groups in total. The molecule has 2 aromatic rings. The van der Waals surface area contributed by atoms with Gasteiger partial charge < -0.3 is 5.73 Å². The van der Waals surface area contributed by atoms with E-state index >= 15 is 0 Å². The van der Waals surface area contributed by atoms with Crippen molar-refractivity contribution in [3.8, 4) is 0 Å². The first-order valence-electron chi connectivity index (χ1n) is 5.01. The molecule has 0 radical (unpaired) electrons. The zero-order valence-electron chi connectivity index (χ0n) is 9.28. The Labute approximate surface area is 89.3 Å². The van der Waals surface area contributed by atoms with Gasteiger partial charge in [-0.25, -0.2) is 0 Å². The normalized spacial score (nSPS) is 12.0. The summed E-state index contributed by atoms with van der Waals surface area (Å²) in [6, 6.07) is 8.10. The fourth-order valence-corrected chi connectivity index (χ4v) is 1.71. The lowest BCUT2D eigenvalue weighted by Crippen LogP contribution is -2.30. The minimum Gasteiger partial charge on any atom is -0.320 e. The third-order valence-corrected chi connectivity index (χ3v) is 2.48. The zero-order chi connectivity index (χ0) is 11.1. The molecule has 0 atom stereocenters. The number of nitrogens with two attached hydrogens (primary N) is 1. The maximum absolute atomic E-state index is 6.07. The average Bonchev–Trinajstić information content (AvgIpc) is 2.17. The van der Waals surface area contributed by atoms with Crippen LogP contribution in [0.5, 0.6) is 0 Å². The molecule has 78 valence electrons. The number of rotatable bonds is 1. The Hall–Kier alpha value is -1.48. The van der Waals surface area contributed by atoms with Crippen molar-refractivity contribution in [2.45, 2.75) is 26.3 Å². The largest absolute Gasteiger partial charge is 0.320 e. The first-order chi connectivity index (χ1) is 7.00. The number of aryl methyl sites for hydroxylation is 1. The maximum atomic E-state index is 6.07. The second-order valence-corrected chi connectivity index (χ2v) is 4.40. The molecule has 2 rings (SSSR count). The van der Waals surface area contributed by atoms with Crippen molar-refractivity contribution >= 4 is 10.8 Å². The predicted molar refractivity (Wildman–Crippen MR) is 61.5 cm³/mol. The van der Waals surface area contributed by atoms with Crippen molar-refractivity contribution in [3.63, 3.8) is 0 Å². The first-order valence-corrected chi connectivity index (χ1v) is 5.01. The van der Waals surface area contributed by atoms with Gasteiger partial charge in [-0.1, -0.05) is 24.3 Å². The lowest BCUT2D eigenvalue weighted by Gasteiger charge is -2.19. The van der Waals surface area contributed by atoms with Crippen LogP contribution in [0.3, 0.4) is 0 Å². The zero-order valence-corrected chi connectivity index (χ0v) is 9.28. The molecule has 15 heavy (non-hydrogen) atoms. The number of hydrogen-bond acceptors (Lipinski definition) is 3. The fraction of sp³-hybridized carbons (Fsp3) is 0.333. The van der Waals surface area contributed by atoms with Crippen LogP contribution in [0, 0.1) is 6.92 Å². The van der Waals surface area contributed by atoms with Crippen molar-refractivity contribution in [1.29, 1.82) is 0 Å². The van der Waals surface area contributed by atoms with Crippen LogP contribution in [-0.2, 0) is 5.54 Å². The van der Waals surface area contributed by atoms with Crippen LogP contribution in [0.25, 0.3) is 10.8 Å². The summed E-state index contributed by atoms with van der Waals surface area (Å²) in [4.78, 5) is 0. The van der Waals surface area contributed by atoms with E-state index in [9.17, 15) is 0 Å². The van der Waals surface area contributed by atoms with Gasteiger partial charge in [0.05, 0.1) is 16.9 Å². The minimum atomic E-state index is -0.458. The van der Waals surface area contributed by atoms with E-state index in [0.717, 1.165) is 22.2 Å². The number of aromatic nitrogens is 2. The molecular weight excluding hydrogens is 186 g/mol. The van der Waals surface area contributed by atoms with Gasteiger partial charge in [0.2, 0.25) is 0 Å². The molecule has 0 aliphatic rings. The van der Waals surface area contributed by atoms with Gasteiger partial charge in [-0.3, -0.25) is 0 Å². The molecule has 0 saturated carbocycles. The number of fused-ring (bicyclic) bond motifs is 1. The van der Waals surface area contributed by atoms with E-state index in [1.165, 1.54) is 0 Å². The lowest BCUT2D eigenvalue weighted by molar-refractivity contribution is 0.532. The lowest BCUT2D eigenvalue weighted by atomic mass is 9.96. The second kappa shape index (κ2) is 3.28. The SMILES string of the molecule is Cc1nnc(C(C)(C)N)c2ccccc12. The molecule has 0 fully saturated rings. The minimum absolute atomic E-state index is 0.458. The van der Waals surface area contributed by atoms with Crippen molar-refractivity contribution < 1.29 is 0 Å². The molecule has 0 spiro atoms. The summed E-state index contributed by atoms with van der Waals surface area (Å²) < 4.78 is 0. The summed E-state index contributed by atoms with van der Waals surface area (Å²) in [7, 11) is 0. The molecule has 3 nitrogen and oxygen atoms in total. The highest BCUT2D eigenvalue weighted by atomic mass is 15.1. The average molecular weight is 201 g/mol. The highest BCUT2D eigenvalue weighted by molar-refractivity contribution is 5.86. The van der Waals surface area contributed by atoms with Gasteiger partial charge in [0, 0.05) is 10.8 Å². The Morgan fingerprint density at radius 1 is 1.07 bits per heavy atom. The molecule has 0 aliphatic heterocycles. The molecule has 0 unspecified atom stereocenters. The van der Waals surface area contributed by atoms with Gasteiger partial charge in [0.25, 0.3) is 0 Å². The third kappa shape index (κ3) is 1.70. The summed E-state index contributed by atoms with van der Waals surface area (Å²) in [5.74, 6) is 0. The van der Waals surface area contributed by atoms with Crippen molar-refractivity contribution in [2.75, 3.05) is 0 Å². The van der Waals surface area contributed by atoms with Crippen LogP contribution in [0.2, 0.25) is 0 Å². The summed E-state index contributed by atoms with van der Waals surface area (Å²) in [5.41, 5.74) is 7.41. The second-order valence-electron chi connectivity index (χ2n) is 4.40. The number of benzene rings is 1. The van der Waals surface area contributed by atoms with Crippen LogP contribution in [0.4, 0.5) is 0 Å². The molecule has 1 heterocycles. The number of hydrogen-bond donors (Lipinski definition) is 1. The van der Waals surface area contributed by atoms with E-state index in [4.69, 9.17) is 5.73 Å². The fourth-order valence-electron chi connectivity index (χ4n) is 1.71. The Balaban J connectivity index is 2.84. The predicted octanol–water partition coefficient (Wildman–Crippen LogP) is 2.13. The number of nitrogens with zero attached hydrogens (tertiary/aromatic N) is 2. The van der Waals surface area contributed by atoms with Crippen molar-refractivity contribution in [2.24, 2.45) is 5.73 Å². The Kier molecular flexibility index (Phi) is 2.20. The molecule has 0 amide bonds. The Bertz CT molecular complexity index is 498. The highest BCUT2D eigenvalue weighted by Crippen LogP contribution is 2.25. The van der Waals surface area contributed by atoms with Gasteiger partial charge in [0.1, 0.15) is 0 Å². The Morgan fingerprint density at radius 2 is 1.67 bits per heavy atom. The van der Waals surface area contributed by atoms with Crippen LogP contribution >= 0.6 is 0 Å². The third-order valence-electron chi connectivity index (χ3n) is 2.48. The van der Waals surface area contributed by atoms with Crippen LogP contribution in [-0.4, -0.2) is 10.2 Å². The summed E-state index contributed by atoms with van der Waals surface area (Å²) >= 11 is 0. The van der Waals surface area contributed by atoms with Crippen LogP contribution in [0.15, 0.2) is 24.3 Å².